The van der Waals surface area contributed by atoms with Crippen LogP contribution in [-0.2, 0) is 0 Å². The molecule has 0 bridgehead atoms. The molecule has 0 saturated carbocycles. The minimum atomic E-state index is 0. The Bertz CT molecular complexity index is 574. The van der Waals surface area contributed by atoms with E-state index in [1.165, 1.54) is 0 Å². The van der Waals surface area contributed by atoms with Crippen LogP contribution >= 0.6 is 24.0 Å². The number of benzene rings is 2. The van der Waals surface area contributed by atoms with Crippen LogP contribution in [-0.4, -0.2) is 26.2 Å². The van der Waals surface area contributed by atoms with E-state index >= 15 is 0 Å². The molecule has 0 saturated heterocycles. The van der Waals surface area contributed by atoms with E-state index in [0.717, 1.165) is 17.2 Å². The molecule has 0 atom stereocenters. The number of hydrogen-bond acceptors (Lipinski definition) is 3. The van der Waals surface area contributed by atoms with Gasteiger partial charge in [0.2, 0.25) is 0 Å². The summed E-state index contributed by atoms with van der Waals surface area (Å²) in [5.41, 5.74) is 6.67. The number of nitrogens with one attached hydrogen (secondary N) is 1. The van der Waals surface area contributed by atoms with Crippen molar-refractivity contribution >= 4 is 35.6 Å². The van der Waals surface area contributed by atoms with Gasteiger partial charge in [-0.2, -0.15) is 0 Å². The van der Waals surface area contributed by atoms with Crippen LogP contribution < -0.4 is 20.5 Å². The van der Waals surface area contributed by atoms with Gasteiger partial charge >= 0.3 is 0 Å². The predicted molar refractivity (Wildman–Crippen MR) is 100 cm³/mol. The zero-order valence-electron chi connectivity index (χ0n) is 12.4. The Morgan fingerprint density at radius 2 is 1.73 bits per heavy atom. The lowest BCUT2D eigenvalue weighted by atomic mass is 10.3. The fourth-order valence-electron chi connectivity index (χ4n) is 1.71. The minimum absolute atomic E-state index is 0. The second kappa shape index (κ2) is 9.88. The first kappa shape index (κ1) is 18.1. The van der Waals surface area contributed by atoms with Crippen LogP contribution in [0.2, 0.25) is 0 Å². The third kappa shape index (κ3) is 6.21. The molecule has 22 heavy (non-hydrogen) atoms. The number of aliphatic imine (C=N–C) groups is 1. The maximum absolute atomic E-state index is 5.81. The maximum atomic E-state index is 5.81. The van der Waals surface area contributed by atoms with Crippen LogP contribution in [0.3, 0.4) is 0 Å². The molecule has 2 aromatic carbocycles. The molecule has 6 heteroatoms. The van der Waals surface area contributed by atoms with Crippen molar-refractivity contribution in [3.63, 3.8) is 0 Å². The van der Waals surface area contributed by atoms with E-state index in [2.05, 4.69) is 10.3 Å². The summed E-state index contributed by atoms with van der Waals surface area (Å²) in [7, 11) is 1.63. The van der Waals surface area contributed by atoms with Gasteiger partial charge in [0.1, 0.15) is 18.1 Å². The lowest BCUT2D eigenvalue weighted by Crippen LogP contribution is -2.23. The molecule has 0 aliphatic heterocycles. The van der Waals surface area contributed by atoms with Gasteiger partial charge in [0, 0.05) is 5.69 Å². The number of hydrogen-bond donors (Lipinski definition) is 2. The van der Waals surface area contributed by atoms with E-state index in [0.29, 0.717) is 19.1 Å². The van der Waals surface area contributed by atoms with Gasteiger partial charge in [-0.05, 0) is 36.4 Å². The molecule has 0 fully saturated rings. The Kier molecular flexibility index (Phi) is 8.13. The summed E-state index contributed by atoms with van der Waals surface area (Å²) in [6, 6.07) is 17.1. The molecule has 0 unspecified atom stereocenters. The van der Waals surface area contributed by atoms with Crippen molar-refractivity contribution in [3.8, 4) is 11.5 Å². The zero-order valence-corrected chi connectivity index (χ0v) is 14.7. The van der Waals surface area contributed by atoms with Crippen molar-refractivity contribution in [3.05, 3.63) is 54.6 Å². The lowest BCUT2D eigenvalue weighted by Gasteiger charge is -2.07. The summed E-state index contributed by atoms with van der Waals surface area (Å²) in [5.74, 6) is 1.98. The van der Waals surface area contributed by atoms with Crippen LogP contribution in [0.25, 0.3) is 0 Å². The first-order chi connectivity index (χ1) is 10.3. The quantitative estimate of drug-likeness (QED) is 0.331. The van der Waals surface area contributed by atoms with Crippen molar-refractivity contribution < 1.29 is 9.47 Å². The second-order valence-corrected chi connectivity index (χ2v) is 4.28. The number of rotatable bonds is 6. The average molecular weight is 413 g/mol. The topological polar surface area (TPSA) is 68.9 Å². The van der Waals surface area contributed by atoms with Crippen molar-refractivity contribution in [1.29, 1.82) is 0 Å². The van der Waals surface area contributed by atoms with Crippen molar-refractivity contribution in [2.75, 3.05) is 25.6 Å². The van der Waals surface area contributed by atoms with Crippen LogP contribution in [0, 0.1) is 0 Å². The fourth-order valence-corrected chi connectivity index (χ4v) is 1.71. The third-order valence-electron chi connectivity index (χ3n) is 2.75. The van der Waals surface area contributed by atoms with Crippen molar-refractivity contribution in [1.82, 2.24) is 0 Å². The van der Waals surface area contributed by atoms with Crippen LogP contribution in [0.4, 0.5) is 5.69 Å². The van der Waals surface area contributed by atoms with Crippen LogP contribution in [0.15, 0.2) is 59.6 Å². The van der Waals surface area contributed by atoms with E-state index in [9.17, 15) is 0 Å². The Morgan fingerprint density at radius 1 is 1.05 bits per heavy atom. The van der Waals surface area contributed by atoms with Gasteiger partial charge in [0.25, 0.3) is 0 Å². The third-order valence-corrected chi connectivity index (χ3v) is 2.75. The van der Waals surface area contributed by atoms with Gasteiger partial charge in [-0.3, -0.25) is 0 Å². The maximum Gasteiger partial charge on any atom is 0.193 e. The van der Waals surface area contributed by atoms with Gasteiger partial charge in [-0.25, -0.2) is 4.99 Å². The number of ether oxygens (including phenoxy) is 2. The number of methoxy groups -OCH3 is 1. The zero-order chi connectivity index (χ0) is 14.9. The van der Waals surface area contributed by atoms with Gasteiger partial charge in [0.05, 0.1) is 13.7 Å². The number of guanidine groups is 1. The Hall–Kier alpha value is -1.96. The summed E-state index contributed by atoms with van der Waals surface area (Å²) in [6.45, 7) is 0.971. The van der Waals surface area contributed by atoms with Crippen molar-refractivity contribution in [2.45, 2.75) is 0 Å². The van der Waals surface area contributed by atoms with E-state index in [4.69, 9.17) is 15.2 Å². The Balaban J connectivity index is 0.00000242. The number of anilines is 1. The molecule has 0 aliphatic rings. The Morgan fingerprint density at radius 3 is 2.36 bits per heavy atom. The van der Waals surface area contributed by atoms with Crippen LogP contribution in [0.1, 0.15) is 0 Å². The van der Waals surface area contributed by atoms with Gasteiger partial charge < -0.3 is 20.5 Å². The second-order valence-electron chi connectivity index (χ2n) is 4.28. The van der Waals surface area contributed by atoms with Gasteiger partial charge in [0.15, 0.2) is 5.96 Å². The molecule has 0 radical (unpaired) electrons. The highest BCUT2D eigenvalue weighted by atomic mass is 127. The van der Waals surface area contributed by atoms with E-state index in [1.54, 1.807) is 7.11 Å². The first-order valence-corrected chi connectivity index (χ1v) is 6.67. The van der Waals surface area contributed by atoms with Gasteiger partial charge in [-0.1, -0.05) is 18.2 Å². The summed E-state index contributed by atoms with van der Waals surface area (Å²) in [6.07, 6.45) is 0. The first-order valence-electron chi connectivity index (χ1n) is 6.67. The monoisotopic (exact) mass is 413 g/mol. The number of nitrogens with zero attached hydrogens (tertiary/aromatic N) is 1. The molecule has 0 amide bonds. The largest absolute Gasteiger partial charge is 0.497 e. The highest BCUT2D eigenvalue weighted by Crippen LogP contribution is 2.14. The lowest BCUT2D eigenvalue weighted by molar-refractivity contribution is 0.329. The molecule has 2 aromatic rings. The minimum Gasteiger partial charge on any atom is -0.497 e. The summed E-state index contributed by atoms with van der Waals surface area (Å²) < 4.78 is 10.6. The molecular formula is C16H20IN3O2. The fraction of sp³-hybridized carbons (Fsp3) is 0.188. The summed E-state index contributed by atoms with van der Waals surface area (Å²) >= 11 is 0. The molecule has 0 aromatic heterocycles. The van der Waals surface area contributed by atoms with E-state index < -0.39 is 0 Å². The van der Waals surface area contributed by atoms with Crippen LogP contribution in [0.5, 0.6) is 11.5 Å². The summed E-state index contributed by atoms with van der Waals surface area (Å²) in [4.78, 5) is 4.20. The van der Waals surface area contributed by atoms with E-state index in [1.807, 2.05) is 54.6 Å². The van der Waals surface area contributed by atoms with E-state index in [-0.39, 0.29) is 24.0 Å². The molecule has 118 valence electrons. The number of para-hydroxylation sites is 1. The predicted octanol–water partition coefficient (Wildman–Crippen LogP) is 3.12. The van der Waals surface area contributed by atoms with Crippen molar-refractivity contribution in [2.24, 2.45) is 10.7 Å². The summed E-state index contributed by atoms with van der Waals surface area (Å²) in [5, 5.41) is 3.01. The molecule has 3 N–H and O–H groups in total. The molecule has 5 nitrogen and oxygen atoms in total. The molecule has 2 rings (SSSR count). The highest BCUT2D eigenvalue weighted by Gasteiger charge is 1.96. The standard InChI is InChI=1S/C16H19N3O2.HI/c1-20-14-9-7-13(8-10-14)19-16(17)18-11-12-21-15-5-3-2-4-6-15;/h2-10H,11-12H2,1H3,(H3,17,18,19);1H. The molecule has 0 aliphatic carbocycles. The highest BCUT2D eigenvalue weighted by molar-refractivity contribution is 14.0. The molecular weight excluding hydrogens is 393 g/mol. The Labute approximate surface area is 147 Å². The molecule has 0 heterocycles. The normalized spacial score (nSPS) is 10.5. The number of nitrogens with two attached hydrogens (primary N) is 1. The number of halogens is 1. The smallest absolute Gasteiger partial charge is 0.193 e. The average Bonchev–Trinajstić information content (AvgIpc) is 2.53. The van der Waals surface area contributed by atoms with Gasteiger partial charge in [-0.15, -0.1) is 24.0 Å². The SMILES string of the molecule is COc1ccc(NC(N)=NCCOc2ccccc2)cc1.I. The molecule has 0 spiro atoms.